The second kappa shape index (κ2) is 9.63. The number of azide groups is 1. The van der Waals surface area contributed by atoms with Crippen molar-refractivity contribution < 1.29 is 4.74 Å². The quantitative estimate of drug-likeness (QED) is 0.266. The maximum atomic E-state index is 8.07. The third-order valence-electron chi connectivity index (χ3n) is 2.09. The lowest BCUT2D eigenvalue weighted by Crippen LogP contribution is -1.98. The van der Waals surface area contributed by atoms with Crippen molar-refractivity contribution in [2.24, 2.45) is 5.11 Å². The van der Waals surface area contributed by atoms with Gasteiger partial charge < -0.3 is 10.5 Å². The molecule has 0 saturated carbocycles. The van der Waals surface area contributed by atoms with Crippen LogP contribution in [-0.4, -0.2) is 13.2 Å². The zero-order chi connectivity index (χ0) is 11.6. The van der Waals surface area contributed by atoms with Crippen molar-refractivity contribution in [3.05, 3.63) is 34.7 Å². The normalized spacial score (nSPS) is 8.94. The first kappa shape index (κ1) is 15.4. The number of nitrogen functional groups attached to an aromatic ring is 1. The summed E-state index contributed by atoms with van der Waals surface area (Å²) in [7, 11) is 0. The molecule has 6 heteroatoms. The number of ether oxygens (including phenoxy) is 1. The molecule has 1 rings (SSSR count). The third-order valence-corrected chi connectivity index (χ3v) is 2.09. The van der Waals surface area contributed by atoms with Crippen LogP contribution >= 0.6 is 12.4 Å². The van der Waals surface area contributed by atoms with Crippen LogP contribution in [0.15, 0.2) is 29.4 Å². The van der Waals surface area contributed by atoms with E-state index in [9.17, 15) is 0 Å². The lowest BCUT2D eigenvalue weighted by atomic mass is 10.2. The number of hydrogen-bond acceptors (Lipinski definition) is 3. The second-order valence-corrected chi connectivity index (χ2v) is 3.44. The molecule has 17 heavy (non-hydrogen) atoms. The number of hydrogen-bond donors (Lipinski definition) is 1. The number of rotatable bonds is 7. The molecule has 0 heterocycles. The number of nitrogens with two attached hydrogens (primary N) is 1. The van der Waals surface area contributed by atoms with E-state index in [0.717, 1.165) is 25.0 Å². The average molecular weight is 257 g/mol. The molecule has 94 valence electrons. The minimum absolute atomic E-state index is 0. The van der Waals surface area contributed by atoms with E-state index in [-0.39, 0.29) is 12.4 Å². The van der Waals surface area contributed by atoms with Crippen molar-refractivity contribution in [1.29, 1.82) is 0 Å². The van der Waals surface area contributed by atoms with Crippen LogP contribution in [-0.2, 0) is 0 Å². The Bertz CT molecular complexity index is 366. The van der Waals surface area contributed by atoms with Crippen molar-refractivity contribution in [3.8, 4) is 5.75 Å². The summed E-state index contributed by atoms with van der Waals surface area (Å²) in [6.45, 7) is 1.23. The maximum Gasteiger partial charge on any atom is 0.121 e. The summed E-state index contributed by atoms with van der Waals surface area (Å²) in [5.74, 6) is 0.801. The smallest absolute Gasteiger partial charge is 0.121 e. The molecule has 1 aromatic rings. The minimum Gasteiger partial charge on any atom is -0.494 e. The Morgan fingerprint density at radius 1 is 1.29 bits per heavy atom. The summed E-state index contributed by atoms with van der Waals surface area (Å²) >= 11 is 0. The predicted molar refractivity (Wildman–Crippen MR) is 71.5 cm³/mol. The number of halogens is 1. The van der Waals surface area contributed by atoms with Gasteiger partial charge in [-0.2, -0.15) is 0 Å². The van der Waals surface area contributed by atoms with Gasteiger partial charge in [0.2, 0.25) is 0 Å². The minimum atomic E-state index is 0. The lowest BCUT2D eigenvalue weighted by molar-refractivity contribution is 0.306. The van der Waals surface area contributed by atoms with Crippen LogP contribution in [0.25, 0.3) is 10.4 Å². The first-order valence-corrected chi connectivity index (χ1v) is 5.32. The van der Waals surface area contributed by atoms with Crippen LogP contribution in [0.2, 0.25) is 0 Å². The molecule has 2 N–H and O–H groups in total. The zero-order valence-electron chi connectivity index (χ0n) is 9.58. The number of nitrogens with zero attached hydrogens (tertiary/aromatic N) is 3. The van der Waals surface area contributed by atoms with Gasteiger partial charge in [0, 0.05) is 23.2 Å². The molecule has 5 nitrogen and oxygen atoms in total. The molecule has 0 saturated heterocycles. The van der Waals surface area contributed by atoms with Crippen molar-refractivity contribution in [1.82, 2.24) is 0 Å². The van der Waals surface area contributed by atoms with E-state index in [4.69, 9.17) is 16.0 Å². The van der Waals surface area contributed by atoms with E-state index in [1.54, 1.807) is 6.07 Å². The Balaban J connectivity index is 0.00000256. The molecule has 0 amide bonds. The van der Waals surface area contributed by atoms with Crippen LogP contribution < -0.4 is 10.5 Å². The fourth-order valence-corrected chi connectivity index (χ4v) is 1.30. The van der Waals surface area contributed by atoms with Gasteiger partial charge in [-0.15, -0.1) is 12.4 Å². The Morgan fingerprint density at radius 3 is 2.82 bits per heavy atom. The maximum absolute atomic E-state index is 8.07. The first-order valence-electron chi connectivity index (χ1n) is 5.32. The number of benzene rings is 1. The monoisotopic (exact) mass is 256 g/mol. The number of anilines is 1. The summed E-state index contributed by atoms with van der Waals surface area (Å²) in [6.07, 6.45) is 2.86. The highest BCUT2D eigenvalue weighted by atomic mass is 35.5. The molecule has 0 aliphatic heterocycles. The van der Waals surface area contributed by atoms with Crippen molar-refractivity contribution in [2.45, 2.75) is 19.3 Å². The van der Waals surface area contributed by atoms with Gasteiger partial charge >= 0.3 is 0 Å². The molecule has 1 aromatic carbocycles. The van der Waals surface area contributed by atoms with Gasteiger partial charge in [-0.25, -0.2) is 0 Å². The molecule has 0 aliphatic rings. The van der Waals surface area contributed by atoms with E-state index in [2.05, 4.69) is 10.0 Å². The van der Waals surface area contributed by atoms with Crippen molar-refractivity contribution >= 4 is 18.1 Å². The van der Waals surface area contributed by atoms with E-state index >= 15 is 0 Å². The molecule has 0 bridgehead atoms. The molecular formula is C11H17ClN4O. The Kier molecular flexibility index (Phi) is 8.74. The van der Waals surface area contributed by atoms with E-state index in [1.807, 2.05) is 18.2 Å². The molecule has 0 atom stereocenters. The van der Waals surface area contributed by atoms with Crippen LogP contribution in [0.1, 0.15) is 19.3 Å². The molecule has 0 unspecified atom stereocenters. The van der Waals surface area contributed by atoms with Gasteiger partial charge in [0.05, 0.1) is 6.61 Å². The van der Waals surface area contributed by atoms with Gasteiger partial charge in [-0.3, -0.25) is 0 Å². The summed E-state index contributed by atoms with van der Waals surface area (Å²) in [4.78, 5) is 2.69. The first-order chi connectivity index (χ1) is 7.83. The van der Waals surface area contributed by atoms with Gasteiger partial charge in [0.15, 0.2) is 0 Å². The van der Waals surface area contributed by atoms with Crippen LogP contribution in [0.4, 0.5) is 5.69 Å². The largest absolute Gasteiger partial charge is 0.494 e. The van der Waals surface area contributed by atoms with Gasteiger partial charge in [-0.1, -0.05) is 11.2 Å². The van der Waals surface area contributed by atoms with E-state index in [1.165, 1.54) is 0 Å². The molecule has 0 aliphatic carbocycles. The van der Waals surface area contributed by atoms with Crippen LogP contribution in [0.5, 0.6) is 5.75 Å². The highest BCUT2D eigenvalue weighted by Crippen LogP contribution is 2.14. The summed E-state index contributed by atoms with van der Waals surface area (Å²) < 4.78 is 5.51. The van der Waals surface area contributed by atoms with Crippen molar-refractivity contribution in [3.63, 3.8) is 0 Å². The predicted octanol–water partition coefficient (Wildman–Crippen LogP) is 3.55. The topological polar surface area (TPSA) is 84.0 Å². The SMILES string of the molecule is Cl.[N-]=[N+]=NCCCCCOc1cccc(N)c1. The van der Waals surface area contributed by atoms with Crippen LogP contribution in [0, 0.1) is 0 Å². The Morgan fingerprint density at radius 2 is 2.12 bits per heavy atom. The fourth-order valence-electron chi connectivity index (χ4n) is 1.30. The van der Waals surface area contributed by atoms with E-state index in [0.29, 0.717) is 18.8 Å². The molecule has 0 aromatic heterocycles. The Labute approximate surface area is 107 Å². The van der Waals surface area contributed by atoms with Gasteiger partial charge in [0.25, 0.3) is 0 Å². The Hall–Kier alpha value is -1.58. The van der Waals surface area contributed by atoms with Crippen LogP contribution in [0.3, 0.4) is 0 Å². The molecule has 0 fully saturated rings. The van der Waals surface area contributed by atoms with Crippen molar-refractivity contribution in [2.75, 3.05) is 18.9 Å². The summed E-state index contributed by atoms with van der Waals surface area (Å²) in [5.41, 5.74) is 14.4. The van der Waals surface area contributed by atoms with Gasteiger partial charge in [-0.05, 0) is 36.9 Å². The fraction of sp³-hybridized carbons (Fsp3) is 0.455. The number of unbranched alkanes of at least 4 members (excludes halogenated alkanes) is 2. The standard InChI is InChI=1S/C11H16N4O.ClH/c12-10-5-4-6-11(9-10)16-8-3-1-2-7-14-15-13;/h4-6,9H,1-3,7-8,12H2;1H. The van der Waals surface area contributed by atoms with E-state index < -0.39 is 0 Å². The summed E-state index contributed by atoms with van der Waals surface area (Å²) in [6, 6.07) is 7.38. The highest BCUT2D eigenvalue weighted by molar-refractivity contribution is 5.85. The highest BCUT2D eigenvalue weighted by Gasteiger charge is 1.94. The molecule has 0 spiro atoms. The third kappa shape index (κ3) is 7.33. The summed E-state index contributed by atoms with van der Waals surface area (Å²) in [5, 5.41) is 3.46. The van der Waals surface area contributed by atoms with Gasteiger partial charge in [0.1, 0.15) is 5.75 Å². The molecule has 0 radical (unpaired) electrons. The molecular weight excluding hydrogens is 240 g/mol. The average Bonchev–Trinajstić information content (AvgIpc) is 2.28. The zero-order valence-corrected chi connectivity index (χ0v) is 10.4. The second-order valence-electron chi connectivity index (χ2n) is 3.44. The lowest BCUT2D eigenvalue weighted by Gasteiger charge is -2.05.